The second-order valence-electron chi connectivity index (χ2n) is 7.16. The largest absolute Gasteiger partial charge is 0.481 e. The molecule has 2 aromatic rings. The Hall–Kier alpha value is -2.83. The standard InChI is InChI=1S/C20H27N3O4/c1-12(2)8-13(10-18(24)25)19(26)23-17(20(27)21-3)9-14-11-22-16-7-5-4-6-15(14)16/h4-7,11-13,17,22H,8-10H2,1-3H3,(H,21,27)(H,23,26)(H,24,25)/t13?,17-/m0/s1. The number of amides is 2. The number of likely N-dealkylation sites (N-methyl/N-ethyl adjacent to an activating group) is 1. The third kappa shape index (κ3) is 5.57. The molecule has 1 unspecified atom stereocenters. The highest BCUT2D eigenvalue weighted by Gasteiger charge is 2.28. The van der Waals surface area contributed by atoms with Crippen LogP contribution in [0.4, 0.5) is 0 Å². The van der Waals surface area contributed by atoms with Crippen molar-refractivity contribution in [3.05, 3.63) is 36.0 Å². The van der Waals surface area contributed by atoms with Crippen LogP contribution in [0.1, 0.15) is 32.3 Å². The third-order valence-electron chi connectivity index (χ3n) is 4.53. The number of carboxylic acid groups (broad SMARTS) is 1. The summed E-state index contributed by atoms with van der Waals surface area (Å²) >= 11 is 0. The molecule has 0 saturated heterocycles. The zero-order valence-corrected chi connectivity index (χ0v) is 15.9. The maximum absolute atomic E-state index is 12.7. The Balaban J connectivity index is 2.19. The molecule has 27 heavy (non-hydrogen) atoms. The number of benzene rings is 1. The van der Waals surface area contributed by atoms with E-state index >= 15 is 0 Å². The number of hydrogen-bond acceptors (Lipinski definition) is 3. The topological polar surface area (TPSA) is 111 Å². The Morgan fingerprint density at radius 3 is 2.48 bits per heavy atom. The summed E-state index contributed by atoms with van der Waals surface area (Å²) in [5.41, 5.74) is 1.87. The van der Waals surface area contributed by atoms with Gasteiger partial charge in [0.05, 0.1) is 6.42 Å². The van der Waals surface area contributed by atoms with Gasteiger partial charge < -0.3 is 20.7 Å². The van der Waals surface area contributed by atoms with Gasteiger partial charge in [0.15, 0.2) is 0 Å². The monoisotopic (exact) mass is 373 g/mol. The van der Waals surface area contributed by atoms with Gasteiger partial charge in [0.1, 0.15) is 6.04 Å². The number of para-hydroxylation sites is 1. The number of aliphatic carboxylic acids is 1. The van der Waals surface area contributed by atoms with E-state index in [1.165, 1.54) is 7.05 Å². The lowest BCUT2D eigenvalue weighted by Gasteiger charge is -2.22. The van der Waals surface area contributed by atoms with Gasteiger partial charge in [0.2, 0.25) is 11.8 Å². The van der Waals surface area contributed by atoms with Crippen molar-refractivity contribution in [3.8, 4) is 0 Å². The molecule has 146 valence electrons. The first-order chi connectivity index (χ1) is 12.8. The molecule has 2 atom stereocenters. The summed E-state index contributed by atoms with van der Waals surface area (Å²) in [6, 6.07) is 6.96. The molecule has 2 amide bonds. The minimum atomic E-state index is -1.02. The first kappa shape index (κ1) is 20.5. The predicted octanol–water partition coefficient (Wildman–Crippen LogP) is 2.08. The molecule has 0 aliphatic carbocycles. The van der Waals surface area contributed by atoms with Crippen molar-refractivity contribution in [2.24, 2.45) is 11.8 Å². The smallest absolute Gasteiger partial charge is 0.304 e. The summed E-state index contributed by atoms with van der Waals surface area (Å²) in [5.74, 6) is -2.24. The molecule has 1 aromatic heterocycles. The van der Waals surface area contributed by atoms with Gasteiger partial charge in [-0.2, -0.15) is 0 Å². The zero-order valence-electron chi connectivity index (χ0n) is 15.9. The van der Waals surface area contributed by atoms with E-state index in [0.29, 0.717) is 12.8 Å². The van der Waals surface area contributed by atoms with Crippen LogP contribution in [0.5, 0.6) is 0 Å². The van der Waals surface area contributed by atoms with Crippen LogP contribution in [0.25, 0.3) is 10.9 Å². The van der Waals surface area contributed by atoms with Crippen LogP contribution >= 0.6 is 0 Å². The summed E-state index contributed by atoms with van der Waals surface area (Å²) < 4.78 is 0. The van der Waals surface area contributed by atoms with Crippen LogP contribution in [0.15, 0.2) is 30.5 Å². The third-order valence-corrected chi connectivity index (χ3v) is 4.53. The molecule has 2 rings (SSSR count). The van der Waals surface area contributed by atoms with E-state index in [1.807, 2.05) is 44.3 Å². The molecule has 1 heterocycles. The van der Waals surface area contributed by atoms with Crippen molar-refractivity contribution >= 4 is 28.7 Å². The van der Waals surface area contributed by atoms with Crippen molar-refractivity contribution in [2.45, 2.75) is 39.2 Å². The molecule has 0 aliphatic rings. The summed E-state index contributed by atoms with van der Waals surface area (Å²) in [6.07, 6.45) is 2.34. The van der Waals surface area contributed by atoms with Crippen LogP contribution in [0, 0.1) is 11.8 Å². The highest BCUT2D eigenvalue weighted by molar-refractivity contribution is 5.91. The lowest BCUT2D eigenvalue weighted by molar-refractivity contribution is -0.141. The van der Waals surface area contributed by atoms with Gasteiger partial charge in [-0.05, 0) is 24.0 Å². The van der Waals surface area contributed by atoms with E-state index in [9.17, 15) is 14.4 Å². The average molecular weight is 373 g/mol. The number of nitrogens with one attached hydrogen (secondary N) is 3. The second-order valence-corrected chi connectivity index (χ2v) is 7.16. The fraction of sp³-hybridized carbons (Fsp3) is 0.450. The zero-order chi connectivity index (χ0) is 20.0. The Bertz CT molecular complexity index is 812. The molecule has 0 radical (unpaired) electrons. The van der Waals surface area contributed by atoms with Gasteiger partial charge in [-0.1, -0.05) is 32.0 Å². The van der Waals surface area contributed by atoms with Gasteiger partial charge in [-0.25, -0.2) is 0 Å². The number of fused-ring (bicyclic) bond motifs is 1. The minimum absolute atomic E-state index is 0.173. The van der Waals surface area contributed by atoms with Crippen molar-refractivity contribution in [1.82, 2.24) is 15.6 Å². The van der Waals surface area contributed by atoms with Gasteiger partial charge in [0, 0.05) is 36.5 Å². The molecular formula is C20H27N3O4. The number of carboxylic acids is 1. The summed E-state index contributed by atoms with van der Waals surface area (Å²) in [6.45, 7) is 3.87. The van der Waals surface area contributed by atoms with E-state index in [0.717, 1.165) is 16.5 Å². The number of aromatic nitrogens is 1. The van der Waals surface area contributed by atoms with Crippen LogP contribution < -0.4 is 10.6 Å². The SMILES string of the molecule is CNC(=O)[C@H](Cc1c[nH]c2ccccc12)NC(=O)C(CC(=O)O)CC(C)C. The molecule has 7 heteroatoms. The number of carbonyl (C=O) groups is 3. The van der Waals surface area contributed by atoms with Crippen molar-refractivity contribution in [1.29, 1.82) is 0 Å². The molecule has 0 bridgehead atoms. The predicted molar refractivity (Wildman–Crippen MR) is 103 cm³/mol. The molecule has 4 N–H and O–H groups in total. The summed E-state index contributed by atoms with van der Waals surface area (Å²) in [7, 11) is 1.51. The summed E-state index contributed by atoms with van der Waals surface area (Å²) in [5, 5.41) is 15.4. The fourth-order valence-electron chi connectivity index (χ4n) is 3.26. The summed E-state index contributed by atoms with van der Waals surface area (Å²) in [4.78, 5) is 39.3. The number of hydrogen-bond donors (Lipinski definition) is 4. The molecule has 0 fully saturated rings. The molecule has 0 aliphatic heterocycles. The second kappa shape index (κ2) is 9.21. The lowest BCUT2D eigenvalue weighted by Crippen LogP contribution is -2.49. The van der Waals surface area contributed by atoms with Gasteiger partial charge in [-0.15, -0.1) is 0 Å². The molecule has 7 nitrogen and oxygen atoms in total. The number of H-pyrrole nitrogens is 1. The molecule has 0 saturated carbocycles. The maximum atomic E-state index is 12.7. The maximum Gasteiger partial charge on any atom is 0.304 e. The Labute approximate surface area is 158 Å². The first-order valence-electron chi connectivity index (χ1n) is 9.10. The van der Waals surface area contributed by atoms with E-state index in [1.54, 1.807) is 0 Å². The van der Waals surface area contributed by atoms with Crippen molar-refractivity contribution < 1.29 is 19.5 Å². The van der Waals surface area contributed by atoms with E-state index < -0.39 is 23.8 Å². The molecule has 1 aromatic carbocycles. The first-order valence-corrected chi connectivity index (χ1v) is 9.10. The van der Waals surface area contributed by atoms with Gasteiger partial charge >= 0.3 is 5.97 Å². The highest BCUT2D eigenvalue weighted by atomic mass is 16.4. The van der Waals surface area contributed by atoms with E-state index in [4.69, 9.17) is 5.11 Å². The number of rotatable bonds is 9. The number of carbonyl (C=O) groups excluding carboxylic acids is 2. The van der Waals surface area contributed by atoms with Crippen LogP contribution in [-0.2, 0) is 20.8 Å². The van der Waals surface area contributed by atoms with Crippen molar-refractivity contribution in [2.75, 3.05) is 7.05 Å². The van der Waals surface area contributed by atoms with Gasteiger partial charge in [0.25, 0.3) is 0 Å². The molecule has 0 spiro atoms. The van der Waals surface area contributed by atoms with Crippen LogP contribution in [-0.4, -0.2) is 41.0 Å². The quantitative estimate of drug-likeness (QED) is 0.539. The van der Waals surface area contributed by atoms with E-state index in [-0.39, 0.29) is 18.2 Å². The van der Waals surface area contributed by atoms with Crippen LogP contribution in [0.2, 0.25) is 0 Å². The van der Waals surface area contributed by atoms with Gasteiger partial charge in [-0.3, -0.25) is 14.4 Å². The molecular weight excluding hydrogens is 346 g/mol. The van der Waals surface area contributed by atoms with Crippen LogP contribution in [0.3, 0.4) is 0 Å². The fourth-order valence-corrected chi connectivity index (χ4v) is 3.26. The average Bonchev–Trinajstić information content (AvgIpc) is 3.02. The highest BCUT2D eigenvalue weighted by Crippen LogP contribution is 2.20. The van der Waals surface area contributed by atoms with Crippen molar-refractivity contribution in [3.63, 3.8) is 0 Å². The Kier molecular flexibility index (Phi) is 6.98. The Morgan fingerprint density at radius 2 is 1.85 bits per heavy atom. The Morgan fingerprint density at radius 1 is 1.15 bits per heavy atom. The van der Waals surface area contributed by atoms with E-state index in [2.05, 4.69) is 15.6 Å². The lowest BCUT2D eigenvalue weighted by atomic mass is 9.92. The minimum Gasteiger partial charge on any atom is -0.481 e. The number of aromatic amines is 1. The normalized spacial score (nSPS) is 13.3.